The highest BCUT2D eigenvalue weighted by Crippen LogP contribution is 2.28. The van der Waals surface area contributed by atoms with Crippen LogP contribution in [0.25, 0.3) is 0 Å². The van der Waals surface area contributed by atoms with Crippen molar-refractivity contribution in [3.8, 4) is 17.2 Å². The van der Waals surface area contributed by atoms with Gasteiger partial charge in [0.25, 0.3) is 0 Å². The van der Waals surface area contributed by atoms with Crippen LogP contribution >= 0.6 is 0 Å². The van der Waals surface area contributed by atoms with Crippen molar-refractivity contribution in [3.63, 3.8) is 0 Å². The fourth-order valence-corrected chi connectivity index (χ4v) is 6.69. The molecule has 0 bridgehead atoms. The molecular weight excluding hydrogens is 692 g/mol. The third kappa shape index (κ3) is 10.7. The molecule has 2 aromatic carbocycles. The Labute approximate surface area is 317 Å². The number of methoxy groups -OCH3 is 2. The van der Waals surface area contributed by atoms with Gasteiger partial charge in [-0.05, 0) is 49.4 Å². The molecule has 2 aliphatic rings. The maximum absolute atomic E-state index is 13.7. The molecule has 0 fully saturated rings. The Hall–Kier alpha value is -5.18. The van der Waals surface area contributed by atoms with Crippen LogP contribution in [0.2, 0.25) is 0 Å². The van der Waals surface area contributed by atoms with E-state index in [0.717, 1.165) is 16.9 Å². The van der Waals surface area contributed by atoms with E-state index >= 15 is 0 Å². The highest BCUT2D eigenvalue weighted by atomic mass is 16.5. The molecule has 0 saturated carbocycles. The van der Waals surface area contributed by atoms with Crippen LogP contribution in [0.5, 0.6) is 17.2 Å². The van der Waals surface area contributed by atoms with E-state index in [-0.39, 0.29) is 49.1 Å². The van der Waals surface area contributed by atoms with Crippen LogP contribution in [0, 0.1) is 5.92 Å². The number of aromatic nitrogens is 3. The van der Waals surface area contributed by atoms with Crippen molar-refractivity contribution >= 4 is 23.6 Å². The molecule has 292 valence electrons. The summed E-state index contributed by atoms with van der Waals surface area (Å²) >= 11 is 0. The van der Waals surface area contributed by atoms with Gasteiger partial charge in [-0.25, -0.2) is 9.67 Å². The van der Waals surface area contributed by atoms with Crippen molar-refractivity contribution in [1.29, 1.82) is 0 Å². The van der Waals surface area contributed by atoms with E-state index in [1.807, 2.05) is 50.2 Å². The Bertz CT molecular complexity index is 1760. The van der Waals surface area contributed by atoms with Gasteiger partial charge in [-0.15, -0.1) is 0 Å². The molecule has 0 spiro atoms. The molecular formula is C39H54N8O7. The lowest BCUT2D eigenvalue weighted by Gasteiger charge is -2.27. The Morgan fingerprint density at radius 1 is 0.981 bits per heavy atom. The number of nitrogens with zero attached hydrogens (tertiary/aromatic N) is 5. The molecule has 3 atom stereocenters. The van der Waals surface area contributed by atoms with Crippen LogP contribution in [0.4, 0.5) is 0 Å². The minimum absolute atomic E-state index is 0.0596. The summed E-state index contributed by atoms with van der Waals surface area (Å²) in [5.41, 5.74) is 1.90. The predicted molar refractivity (Wildman–Crippen MR) is 201 cm³/mol. The lowest BCUT2D eigenvalue weighted by molar-refractivity contribution is -0.133. The quantitative estimate of drug-likeness (QED) is 0.312. The molecule has 4 amide bonds. The van der Waals surface area contributed by atoms with Gasteiger partial charge in [0.1, 0.15) is 30.8 Å². The fourth-order valence-electron chi connectivity index (χ4n) is 6.69. The predicted octanol–water partition coefficient (Wildman–Crippen LogP) is 2.62. The summed E-state index contributed by atoms with van der Waals surface area (Å²) in [6.45, 7) is 8.51. The van der Waals surface area contributed by atoms with Gasteiger partial charge in [0.2, 0.25) is 23.6 Å². The number of ether oxygens (including phenoxy) is 3. The van der Waals surface area contributed by atoms with E-state index in [0.29, 0.717) is 88.2 Å². The summed E-state index contributed by atoms with van der Waals surface area (Å²) in [5.74, 6) is 1.75. The molecule has 0 radical (unpaired) electrons. The topological polar surface area (TPSA) is 169 Å². The summed E-state index contributed by atoms with van der Waals surface area (Å²) in [7, 11) is 3.14. The third-order valence-corrected chi connectivity index (χ3v) is 9.91. The second-order valence-electron chi connectivity index (χ2n) is 13.9. The second kappa shape index (κ2) is 19.2. The van der Waals surface area contributed by atoms with Gasteiger partial charge in [0.05, 0.1) is 26.8 Å². The van der Waals surface area contributed by atoms with E-state index in [9.17, 15) is 19.2 Å². The van der Waals surface area contributed by atoms with Gasteiger partial charge >= 0.3 is 0 Å². The van der Waals surface area contributed by atoms with Gasteiger partial charge in [-0.3, -0.25) is 24.1 Å². The molecule has 0 unspecified atom stereocenters. The number of rotatable bonds is 8. The zero-order valence-corrected chi connectivity index (χ0v) is 32.1. The second-order valence-corrected chi connectivity index (χ2v) is 13.9. The standard InChI is InChI=1S/C39H54N8O7/c1-6-26(2)37-39(51)41-27(3)38-42-33(22-28-14-15-31(52-4)32(21-28)53-5)44-47(38)24-35(49)40-16-10-18-46(17-9-13-34(48)43-37)36(50)25-45-19-20-54-30-12-8-7-11-29(30)23-45/h7-8,11-12,14-15,21,26-27,37H,6,9-10,13,16-20,22-25H2,1-5H3,(H,40,49)(H,41,51)(H,43,48)/t26-,27+,37-/m0/s1. The maximum Gasteiger partial charge on any atom is 0.243 e. The average Bonchev–Trinajstić information content (AvgIpc) is 3.43. The van der Waals surface area contributed by atoms with Gasteiger partial charge in [-0.2, -0.15) is 5.10 Å². The Morgan fingerprint density at radius 2 is 1.76 bits per heavy atom. The van der Waals surface area contributed by atoms with E-state index in [1.165, 1.54) is 4.68 Å². The number of carbonyl (C=O) groups excluding carboxylic acids is 4. The molecule has 1 aromatic heterocycles. The highest BCUT2D eigenvalue weighted by Gasteiger charge is 2.29. The third-order valence-electron chi connectivity index (χ3n) is 9.91. The molecule has 15 heteroatoms. The Morgan fingerprint density at radius 3 is 2.54 bits per heavy atom. The van der Waals surface area contributed by atoms with E-state index in [1.54, 1.807) is 32.1 Å². The number of benzene rings is 2. The normalized spacial score (nSPS) is 20.0. The van der Waals surface area contributed by atoms with Gasteiger partial charge in [-0.1, -0.05) is 44.5 Å². The van der Waals surface area contributed by atoms with Gasteiger partial charge in [0.15, 0.2) is 17.3 Å². The maximum atomic E-state index is 13.7. The summed E-state index contributed by atoms with van der Waals surface area (Å²) in [6.07, 6.45) is 2.09. The minimum Gasteiger partial charge on any atom is -0.493 e. The van der Waals surface area contributed by atoms with Crippen molar-refractivity contribution < 1.29 is 33.4 Å². The number of para-hydroxylation sites is 1. The minimum atomic E-state index is -0.791. The number of amides is 4. The average molecular weight is 747 g/mol. The Balaban J connectivity index is 1.33. The summed E-state index contributed by atoms with van der Waals surface area (Å²) in [4.78, 5) is 62.6. The molecule has 3 N–H and O–H groups in total. The Kier molecular flexibility index (Phi) is 14.3. The van der Waals surface area contributed by atoms with Crippen molar-refractivity contribution in [2.75, 3.05) is 53.6 Å². The molecule has 15 nitrogen and oxygen atoms in total. The van der Waals surface area contributed by atoms with Crippen LogP contribution in [0.15, 0.2) is 42.5 Å². The lowest BCUT2D eigenvalue weighted by atomic mass is 9.97. The van der Waals surface area contributed by atoms with Crippen molar-refractivity contribution in [1.82, 2.24) is 40.5 Å². The molecule has 54 heavy (non-hydrogen) atoms. The van der Waals surface area contributed by atoms with E-state index in [2.05, 4.69) is 25.9 Å². The molecule has 0 saturated heterocycles. The van der Waals surface area contributed by atoms with Crippen molar-refractivity contribution in [3.05, 3.63) is 65.2 Å². The summed E-state index contributed by atoms with van der Waals surface area (Å²) in [5, 5.41) is 13.6. The lowest BCUT2D eigenvalue weighted by Crippen LogP contribution is -2.51. The smallest absolute Gasteiger partial charge is 0.243 e. The van der Waals surface area contributed by atoms with Gasteiger partial charge < -0.3 is 35.1 Å². The number of hydrogen-bond acceptors (Lipinski definition) is 10. The summed E-state index contributed by atoms with van der Waals surface area (Å²) in [6, 6.07) is 12.0. The van der Waals surface area contributed by atoms with Crippen LogP contribution in [-0.2, 0) is 38.7 Å². The molecule has 3 aromatic rings. The van der Waals surface area contributed by atoms with Crippen LogP contribution in [-0.4, -0.2) is 108 Å². The first-order valence-corrected chi connectivity index (χ1v) is 18.8. The largest absolute Gasteiger partial charge is 0.493 e. The molecule has 0 aliphatic carbocycles. The number of nitrogens with one attached hydrogen (secondary N) is 3. The van der Waals surface area contributed by atoms with Crippen LogP contribution in [0.1, 0.15) is 75.3 Å². The van der Waals surface area contributed by atoms with E-state index < -0.39 is 12.1 Å². The summed E-state index contributed by atoms with van der Waals surface area (Å²) < 4.78 is 18.2. The first-order chi connectivity index (χ1) is 26.1. The van der Waals surface area contributed by atoms with Crippen molar-refractivity contribution in [2.45, 2.75) is 78.0 Å². The molecule has 2 aliphatic heterocycles. The fraction of sp³-hybridized carbons (Fsp3) is 0.538. The van der Waals surface area contributed by atoms with Crippen LogP contribution < -0.4 is 30.2 Å². The molecule has 3 heterocycles. The first-order valence-electron chi connectivity index (χ1n) is 18.8. The first kappa shape index (κ1) is 40.0. The highest BCUT2D eigenvalue weighted by molar-refractivity contribution is 5.88. The van der Waals surface area contributed by atoms with Gasteiger partial charge in [0, 0.05) is 51.1 Å². The van der Waals surface area contributed by atoms with Crippen LogP contribution in [0.3, 0.4) is 0 Å². The van der Waals surface area contributed by atoms with Crippen molar-refractivity contribution in [2.24, 2.45) is 5.92 Å². The number of hydrogen-bond donors (Lipinski definition) is 3. The van der Waals surface area contributed by atoms with E-state index in [4.69, 9.17) is 19.2 Å². The SMILES string of the molecule is CC[C@H](C)[C@@H]1NC(=O)CCCN(C(=O)CN2CCOc3ccccc3C2)CCCNC(=O)Cn2nc(Cc3ccc(OC)c(OC)c3)nc2[C@@H](C)NC1=O. The number of carbonyl (C=O) groups is 4. The number of fused-ring (bicyclic) bond motifs is 2. The zero-order valence-electron chi connectivity index (χ0n) is 32.1. The molecule has 5 rings (SSSR count). The zero-order chi connectivity index (χ0) is 38.6. The monoisotopic (exact) mass is 746 g/mol.